The number of sulfone groups is 1. The lowest BCUT2D eigenvalue weighted by atomic mass is 9.86. The smallest absolute Gasteiger partial charge is 0.416 e. The van der Waals surface area contributed by atoms with Crippen molar-refractivity contribution in [2.75, 3.05) is 18.0 Å². The zero-order valence-corrected chi connectivity index (χ0v) is 19.0. The number of fused-ring (bicyclic) bond motifs is 1. The maximum Gasteiger partial charge on any atom is 0.416 e. The number of anilines is 1. The molecule has 0 saturated carbocycles. The van der Waals surface area contributed by atoms with Crippen molar-refractivity contribution >= 4 is 26.7 Å². The van der Waals surface area contributed by atoms with E-state index in [4.69, 9.17) is 0 Å². The Kier molecular flexibility index (Phi) is 5.76. The lowest BCUT2D eigenvalue weighted by molar-refractivity contribution is -0.137. The van der Waals surface area contributed by atoms with Crippen LogP contribution in [0.4, 0.5) is 19.0 Å². The number of nitrogens with zero attached hydrogens (tertiary/aromatic N) is 3. The molecule has 1 aliphatic heterocycles. The van der Waals surface area contributed by atoms with Gasteiger partial charge in [-0.25, -0.2) is 18.4 Å². The summed E-state index contributed by atoms with van der Waals surface area (Å²) in [5.74, 6) is -0.141. The number of para-hydroxylation sites is 2. The van der Waals surface area contributed by atoms with Crippen LogP contribution in [0.2, 0.25) is 0 Å². The van der Waals surface area contributed by atoms with E-state index in [0.717, 1.165) is 12.1 Å². The average molecular weight is 480 g/mol. The maximum atomic E-state index is 13.3. The minimum Gasteiger partial charge on any atom is -0.491 e. The number of benzene rings is 2. The minimum absolute atomic E-state index is 0.192. The molecule has 0 bridgehead atoms. The Labute approximate surface area is 190 Å². The molecule has 2 aromatic carbocycles. The Balaban J connectivity index is 1.55. The first-order chi connectivity index (χ1) is 15.4. The fraction of sp³-hybridized carbons (Fsp3) is 0.391. The number of aromatic nitrogens is 2. The molecule has 0 spiro atoms. The number of halogens is 3. The van der Waals surface area contributed by atoms with Crippen LogP contribution in [0, 0.1) is 5.92 Å². The molecular formula is C23H24F3N3O3S. The van der Waals surface area contributed by atoms with Crippen LogP contribution >= 0.6 is 0 Å². The summed E-state index contributed by atoms with van der Waals surface area (Å²) in [6.07, 6.45) is -3.68. The summed E-state index contributed by atoms with van der Waals surface area (Å²) in [5.41, 5.74) is 0.223. The van der Waals surface area contributed by atoms with Gasteiger partial charge in [-0.2, -0.15) is 13.2 Å². The van der Waals surface area contributed by atoms with E-state index in [1.165, 1.54) is 6.07 Å². The zero-order chi connectivity index (χ0) is 24.0. The number of piperidine rings is 1. The molecule has 0 aliphatic carbocycles. The number of rotatable bonds is 4. The second-order valence-electron chi connectivity index (χ2n) is 8.75. The van der Waals surface area contributed by atoms with Crippen molar-refractivity contribution in [2.45, 2.75) is 42.5 Å². The first-order valence-electron chi connectivity index (χ1n) is 10.5. The lowest BCUT2D eigenvalue weighted by Gasteiger charge is -2.40. The van der Waals surface area contributed by atoms with Crippen LogP contribution in [0.5, 0.6) is 5.88 Å². The van der Waals surface area contributed by atoms with Gasteiger partial charge in [-0.05, 0) is 62.9 Å². The normalized spacial score (nSPS) is 16.3. The molecule has 2 heterocycles. The third kappa shape index (κ3) is 4.23. The third-order valence-corrected chi connectivity index (χ3v) is 9.07. The molecule has 3 aromatic rings. The second-order valence-corrected chi connectivity index (χ2v) is 11.3. The van der Waals surface area contributed by atoms with E-state index in [0.29, 0.717) is 48.8 Å². The van der Waals surface area contributed by atoms with Crippen LogP contribution < -0.4 is 4.90 Å². The van der Waals surface area contributed by atoms with Crippen LogP contribution in [0.1, 0.15) is 32.3 Å². The van der Waals surface area contributed by atoms with Gasteiger partial charge in [0.05, 0.1) is 26.2 Å². The van der Waals surface area contributed by atoms with E-state index in [1.54, 1.807) is 32.0 Å². The number of alkyl halides is 3. The number of aromatic hydroxyl groups is 1. The van der Waals surface area contributed by atoms with Gasteiger partial charge in [0.15, 0.2) is 15.7 Å². The van der Waals surface area contributed by atoms with Gasteiger partial charge < -0.3 is 10.0 Å². The zero-order valence-electron chi connectivity index (χ0n) is 18.2. The van der Waals surface area contributed by atoms with Crippen molar-refractivity contribution in [1.82, 2.24) is 9.97 Å². The Hall–Kier alpha value is -2.88. The monoisotopic (exact) mass is 479 g/mol. The maximum absolute atomic E-state index is 13.3. The molecule has 1 aromatic heterocycles. The van der Waals surface area contributed by atoms with Gasteiger partial charge in [-0.1, -0.05) is 18.2 Å². The molecule has 4 rings (SSSR count). The van der Waals surface area contributed by atoms with E-state index in [2.05, 4.69) is 9.97 Å². The van der Waals surface area contributed by atoms with Crippen molar-refractivity contribution in [3.05, 3.63) is 54.1 Å². The topological polar surface area (TPSA) is 83.4 Å². The summed E-state index contributed by atoms with van der Waals surface area (Å²) >= 11 is 0. The number of hydrogen-bond acceptors (Lipinski definition) is 6. The highest BCUT2D eigenvalue weighted by atomic mass is 32.2. The van der Waals surface area contributed by atoms with Gasteiger partial charge in [0.1, 0.15) is 0 Å². The van der Waals surface area contributed by atoms with Crippen molar-refractivity contribution in [3.63, 3.8) is 0 Å². The Bertz CT molecular complexity index is 1280. The van der Waals surface area contributed by atoms with Gasteiger partial charge in [0.2, 0.25) is 0 Å². The molecule has 0 radical (unpaired) electrons. The molecule has 33 heavy (non-hydrogen) atoms. The summed E-state index contributed by atoms with van der Waals surface area (Å²) in [6, 6.07) is 11.1. The molecule has 176 valence electrons. The molecular weight excluding hydrogens is 455 g/mol. The average Bonchev–Trinajstić information content (AvgIpc) is 2.78. The highest BCUT2D eigenvalue weighted by Crippen LogP contribution is 2.40. The fourth-order valence-electron chi connectivity index (χ4n) is 4.34. The Morgan fingerprint density at radius 1 is 0.970 bits per heavy atom. The first kappa shape index (κ1) is 23.3. The van der Waals surface area contributed by atoms with Gasteiger partial charge in [-0.15, -0.1) is 0 Å². The second kappa shape index (κ2) is 8.16. The summed E-state index contributed by atoms with van der Waals surface area (Å²) in [5, 5.41) is 10.4. The largest absolute Gasteiger partial charge is 0.491 e. The molecule has 0 amide bonds. The molecule has 10 heteroatoms. The number of hydrogen-bond donors (Lipinski definition) is 1. The SMILES string of the molecule is CC(C)(C1CCN(c2nc3ccccc3nc2O)CC1)S(=O)(=O)c1cccc(C(F)(F)F)c1. The van der Waals surface area contributed by atoms with E-state index in [9.17, 15) is 26.7 Å². The van der Waals surface area contributed by atoms with E-state index in [1.807, 2.05) is 11.0 Å². The van der Waals surface area contributed by atoms with Crippen LogP contribution in [0.25, 0.3) is 11.0 Å². The van der Waals surface area contributed by atoms with E-state index in [-0.39, 0.29) is 16.7 Å². The Morgan fingerprint density at radius 3 is 2.18 bits per heavy atom. The summed E-state index contributed by atoms with van der Waals surface area (Å²) in [7, 11) is -4.04. The van der Waals surface area contributed by atoms with Gasteiger partial charge in [0.25, 0.3) is 5.88 Å². The first-order valence-corrected chi connectivity index (χ1v) is 12.0. The predicted molar refractivity (Wildman–Crippen MR) is 119 cm³/mol. The molecule has 0 unspecified atom stereocenters. The molecule has 0 atom stereocenters. The van der Waals surface area contributed by atoms with E-state index < -0.39 is 26.3 Å². The summed E-state index contributed by atoms with van der Waals surface area (Å²) < 4.78 is 64.7. The third-order valence-electron chi connectivity index (χ3n) is 6.48. The van der Waals surface area contributed by atoms with Crippen LogP contribution in [0.3, 0.4) is 0 Å². The standard InChI is InChI=1S/C23H24F3N3O3S/c1-22(2,33(31,32)17-7-5-6-16(14-17)23(24,25)26)15-10-12-29(13-11-15)20-21(30)28-19-9-4-3-8-18(19)27-20/h3-9,14-15H,10-13H2,1-2H3,(H,28,30). The predicted octanol–water partition coefficient (Wildman–Crippen LogP) is 4.82. The van der Waals surface area contributed by atoms with E-state index >= 15 is 0 Å². The van der Waals surface area contributed by atoms with Crippen LogP contribution in [0.15, 0.2) is 53.4 Å². The van der Waals surface area contributed by atoms with Crippen LogP contribution in [-0.2, 0) is 16.0 Å². The molecule has 1 fully saturated rings. The van der Waals surface area contributed by atoms with Crippen molar-refractivity contribution in [3.8, 4) is 5.88 Å². The lowest BCUT2D eigenvalue weighted by Crippen LogP contribution is -2.46. The van der Waals surface area contributed by atoms with Crippen molar-refractivity contribution < 1.29 is 26.7 Å². The van der Waals surface area contributed by atoms with Gasteiger partial charge in [0, 0.05) is 13.1 Å². The summed E-state index contributed by atoms with van der Waals surface area (Å²) in [4.78, 5) is 10.2. The fourth-order valence-corrected chi connectivity index (χ4v) is 6.16. The van der Waals surface area contributed by atoms with Crippen LogP contribution in [-0.4, -0.2) is 41.3 Å². The van der Waals surface area contributed by atoms with Gasteiger partial charge in [-0.3, -0.25) is 0 Å². The molecule has 1 saturated heterocycles. The molecule has 6 nitrogen and oxygen atoms in total. The van der Waals surface area contributed by atoms with Crippen molar-refractivity contribution in [1.29, 1.82) is 0 Å². The van der Waals surface area contributed by atoms with Crippen molar-refractivity contribution in [2.24, 2.45) is 5.92 Å². The minimum atomic E-state index is -4.62. The molecule has 1 N–H and O–H groups in total. The highest BCUT2D eigenvalue weighted by Gasteiger charge is 2.44. The molecule has 1 aliphatic rings. The summed E-state index contributed by atoms with van der Waals surface area (Å²) in [6.45, 7) is 4.01. The van der Waals surface area contributed by atoms with Gasteiger partial charge >= 0.3 is 6.18 Å². The Morgan fingerprint density at radius 2 is 1.58 bits per heavy atom. The highest BCUT2D eigenvalue weighted by molar-refractivity contribution is 7.92. The quantitative estimate of drug-likeness (QED) is 0.578.